The largest absolute Gasteiger partial charge is 0.322 e. The van der Waals surface area contributed by atoms with Gasteiger partial charge >= 0.3 is 0 Å². The average molecular weight is 407 g/mol. The van der Waals surface area contributed by atoms with Crippen molar-refractivity contribution in [2.45, 2.75) is 0 Å². The first-order valence-electron chi connectivity index (χ1n) is 8.71. The van der Waals surface area contributed by atoms with E-state index in [1.807, 2.05) is 12.1 Å². The zero-order chi connectivity index (χ0) is 21.0. The summed E-state index contributed by atoms with van der Waals surface area (Å²) in [5.41, 5.74) is 2.95. The van der Waals surface area contributed by atoms with Crippen LogP contribution in [-0.4, -0.2) is 21.6 Å². The molecule has 0 aliphatic carbocycles. The molecule has 0 aliphatic heterocycles. The second-order valence-electron chi connectivity index (χ2n) is 6.26. The average Bonchev–Trinajstić information content (AvgIpc) is 3.08. The van der Waals surface area contributed by atoms with E-state index in [9.17, 15) is 9.59 Å². The fourth-order valence-electron chi connectivity index (χ4n) is 2.54. The van der Waals surface area contributed by atoms with Gasteiger partial charge in [-0.2, -0.15) is 5.10 Å². The van der Waals surface area contributed by atoms with Gasteiger partial charge in [-0.1, -0.05) is 43.0 Å². The molecule has 0 atom stereocenters. The number of amides is 2. The first-order chi connectivity index (χ1) is 13.9. The summed E-state index contributed by atoms with van der Waals surface area (Å²) < 4.78 is 1.59. The number of aryl methyl sites for hydroxylation is 1. The molecule has 7 heteroatoms. The number of anilines is 2. The van der Waals surface area contributed by atoms with Crippen LogP contribution in [0.15, 0.2) is 79.4 Å². The Bertz CT molecular complexity index is 1080. The lowest BCUT2D eigenvalue weighted by atomic mass is 10.1. The number of carbonyl (C=O) groups excluding carboxylic acids is 2. The number of halogens is 1. The van der Waals surface area contributed by atoms with E-state index in [4.69, 9.17) is 11.6 Å². The molecule has 2 N–H and O–H groups in total. The molecule has 1 aromatic heterocycles. The Morgan fingerprint density at radius 3 is 2.34 bits per heavy atom. The van der Waals surface area contributed by atoms with Gasteiger partial charge in [-0.3, -0.25) is 14.3 Å². The van der Waals surface area contributed by atoms with Crippen molar-refractivity contribution in [3.63, 3.8) is 0 Å². The van der Waals surface area contributed by atoms with Crippen molar-refractivity contribution >= 4 is 34.9 Å². The van der Waals surface area contributed by atoms with Gasteiger partial charge in [-0.05, 0) is 36.4 Å². The summed E-state index contributed by atoms with van der Waals surface area (Å²) in [5, 5.41) is 10.6. The minimum absolute atomic E-state index is 0.253. The predicted molar refractivity (Wildman–Crippen MR) is 116 cm³/mol. The van der Waals surface area contributed by atoms with E-state index in [1.54, 1.807) is 54.2 Å². The molecule has 3 aromatic rings. The lowest BCUT2D eigenvalue weighted by molar-refractivity contribution is -0.112. The molecular formula is C22H19ClN4O2. The number of nitrogens with one attached hydrogen (secondary N) is 2. The Hall–Kier alpha value is -3.64. The van der Waals surface area contributed by atoms with Crippen molar-refractivity contribution in [3.8, 4) is 11.3 Å². The van der Waals surface area contributed by atoms with Crippen molar-refractivity contribution in [3.05, 3.63) is 90.0 Å². The van der Waals surface area contributed by atoms with E-state index in [2.05, 4.69) is 28.9 Å². The smallest absolute Gasteiger partial charge is 0.256 e. The molecule has 3 rings (SSSR count). The maximum absolute atomic E-state index is 12.4. The third-order valence-electron chi connectivity index (χ3n) is 4.20. The molecule has 2 amide bonds. The highest BCUT2D eigenvalue weighted by molar-refractivity contribution is 6.30. The van der Waals surface area contributed by atoms with Crippen LogP contribution in [0.3, 0.4) is 0 Å². The SMILES string of the molecule is C=CC(=C)C(=O)Nc1ccc(-c2cc(NC(=O)c3ccc(Cl)cc3)n(C)n2)cc1. The number of rotatable bonds is 6. The van der Waals surface area contributed by atoms with Crippen molar-refractivity contribution in [2.24, 2.45) is 7.05 Å². The van der Waals surface area contributed by atoms with Crippen LogP contribution >= 0.6 is 11.6 Å². The number of benzene rings is 2. The molecule has 0 saturated carbocycles. The molecule has 0 bridgehead atoms. The fourth-order valence-corrected chi connectivity index (χ4v) is 2.67. The summed E-state index contributed by atoms with van der Waals surface area (Å²) in [5.74, 6) is -0.00544. The standard InChI is InChI=1S/C22H19ClN4O2/c1-4-14(2)21(28)24-18-11-7-15(8-12-18)19-13-20(27(3)26-19)25-22(29)16-5-9-17(23)10-6-16/h4-13H,1-2H2,3H3,(H,24,28)(H,25,29). The van der Waals surface area contributed by atoms with Gasteiger partial charge in [0.2, 0.25) is 0 Å². The van der Waals surface area contributed by atoms with Crippen molar-refractivity contribution < 1.29 is 9.59 Å². The number of hydrogen-bond acceptors (Lipinski definition) is 3. The summed E-state index contributed by atoms with van der Waals surface area (Å²) in [6, 6.07) is 15.6. The van der Waals surface area contributed by atoms with Crippen molar-refractivity contribution in [2.75, 3.05) is 10.6 Å². The van der Waals surface area contributed by atoms with Crippen LogP contribution in [0.4, 0.5) is 11.5 Å². The van der Waals surface area contributed by atoms with Gasteiger partial charge in [0.1, 0.15) is 5.82 Å². The predicted octanol–water partition coefficient (Wildman–Crippen LogP) is 4.67. The summed E-state index contributed by atoms with van der Waals surface area (Å²) in [7, 11) is 1.75. The van der Waals surface area contributed by atoms with E-state index < -0.39 is 0 Å². The maximum atomic E-state index is 12.4. The highest BCUT2D eigenvalue weighted by Crippen LogP contribution is 2.24. The number of hydrogen-bond donors (Lipinski definition) is 2. The second kappa shape index (κ2) is 8.58. The molecule has 0 unspecified atom stereocenters. The Morgan fingerprint density at radius 1 is 1.07 bits per heavy atom. The molecular weight excluding hydrogens is 388 g/mol. The highest BCUT2D eigenvalue weighted by atomic mass is 35.5. The zero-order valence-electron chi connectivity index (χ0n) is 15.8. The van der Waals surface area contributed by atoms with Crippen LogP contribution in [0.2, 0.25) is 5.02 Å². The van der Waals surface area contributed by atoms with Crippen molar-refractivity contribution in [1.29, 1.82) is 0 Å². The second-order valence-corrected chi connectivity index (χ2v) is 6.70. The summed E-state index contributed by atoms with van der Waals surface area (Å²) in [4.78, 5) is 24.2. The molecule has 29 heavy (non-hydrogen) atoms. The summed E-state index contributed by atoms with van der Waals surface area (Å²) >= 11 is 5.86. The highest BCUT2D eigenvalue weighted by Gasteiger charge is 2.12. The van der Waals surface area contributed by atoms with Crippen LogP contribution in [0.5, 0.6) is 0 Å². The normalized spacial score (nSPS) is 10.3. The molecule has 6 nitrogen and oxygen atoms in total. The zero-order valence-corrected chi connectivity index (χ0v) is 16.5. The van der Waals surface area contributed by atoms with Crippen LogP contribution in [0.25, 0.3) is 11.3 Å². The quantitative estimate of drug-likeness (QED) is 0.461. The van der Waals surface area contributed by atoms with Crippen LogP contribution in [0, 0.1) is 0 Å². The molecule has 146 valence electrons. The van der Waals surface area contributed by atoms with Gasteiger partial charge in [-0.15, -0.1) is 0 Å². The molecule has 0 spiro atoms. The minimum atomic E-state index is -0.308. The minimum Gasteiger partial charge on any atom is -0.322 e. The van der Waals surface area contributed by atoms with E-state index in [0.717, 1.165) is 5.56 Å². The Balaban J connectivity index is 1.73. The topological polar surface area (TPSA) is 76.0 Å². The molecule has 0 fully saturated rings. The Kier molecular flexibility index (Phi) is 5.95. The van der Waals surface area contributed by atoms with Crippen LogP contribution in [0.1, 0.15) is 10.4 Å². The van der Waals surface area contributed by atoms with Gasteiger partial charge in [0, 0.05) is 40.5 Å². The van der Waals surface area contributed by atoms with Crippen LogP contribution in [-0.2, 0) is 11.8 Å². The van der Waals surface area contributed by atoms with E-state index in [1.165, 1.54) is 6.08 Å². The van der Waals surface area contributed by atoms with Crippen LogP contribution < -0.4 is 10.6 Å². The molecule has 2 aromatic carbocycles. The fraction of sp³-hybridized carbons (Fsp3) is 0.0455. The Morgan fingerprint density at radius 2 is 1.72 bits per heavy atom. The third kappa shape index (κ3) is 4.80. The number of carbonyl (C=O) groups is 2. The van der Waals surface area contributed by atoms with Crippen molar-refractivity contribution in [1.82, 2.24) is 9.78 Å². The van der Waals surface area contributed by atoms with Gasteiger partial charge < -0.3 is 10.6 Å². The maximum Gasteiger partial charge on any atom is 0.256 e. The first kappa shape index (κ1) is 20.1. The monoisotopic (exact) mass is 406 g/mol. The summed E-state index contributed by atoms with van der Waals surface area (Å²) in [6.07, 6.45) is 1.40. The third-order valence-corrected chi connectivity index (χ3v) is 4.46. The van der Waals surface area contributed by atoms with E-state index >= 15 is 0 Å². The van der Waals surface area contributed by atoms with Gasteiger partial charge in [0.15, 0.2) is 0 Å². The number of aromatic nitrogens is 2. The molecule has 1 heterocycles. The van der Waals surface area contributed by atoms with E-state index in [0.29, 0.717) is 33.4 Å². The van der Waals surface area contributed by atoms with Gasteiger partial charge in [-0.25, -0.2) is 0 Å². The number of nitrogens with zero attached hydrogens (tertiary/aromatic N) is 2. The molecule has 0 saturated heterocycles. The van der Waals surface area contributed by atoms with E-state index in [-0.39, 0.29) is 11.8 Å². The molecule has 0 aliphatic rings. The lowest BCUT2D eigenvalue weighted by Crippen LogP contribution is -2.14. The lowest BCUT2D eigenvalue weighted by Gasteiger charge is -2.05. The summed E-state index contributed by atoms with van der Waals surface area (Å²) in [6.45, 7) is 7.14. The Labute approximate surface area is 173 Å². The molecule has 0 radical (unpaired) electrons. The first-order valence-corrected chi connectivity index (χ1v) is 9.09. The van der Waals surface area contributed by atoms with Gasteiger partial charge in [0.05, 0.1) is 5.69 Å². The van der Waals surface area contributed by atoms with Gasteiger partial charge in [0.25, 0.3) is 11.8 Å².